The number of hydrogen-bond donors (Lipinski definition) is 5. The zero-order chi connectivity index (χ0) is 20.7. The number of rotatable bonds is 5. The van der Waals surface area contributed by atoms with Crippen LogP contribution in [0.4, 0.5) is 10.3 Å². The Labute approximate surface area is 167 Å². The number of imidazole rings is 1. The zero-order valence-corrected chi connectivity index (χ0v) is 15.7. The number of H-pyrrole nitrogens is 1. The molecule has 0 saturated carbocycles. The van der Waals surface area contributed by atoms with Crippen LogP contribution in [0.1, 0.15) is 11.8 Å². The number of anilines is 1. The van der Waals surface area contributed by atoms with Crippen LogP contribution in [-0.4, -0.2) is 59.8 Å². The maximum absolute atomic E-state index is 13.1. The quantitative estimate of drug-likeness (QED) is 0.349. The highest BCUT2D eigenvalue weighted by molar-refractivity contribution is 7.98. The van der Waals surface area contributed by atoms with Gasteiger partial charge in [0.2, 0.25) is 5.95 Å². The number of halogens is 1. The van der Waals surface area contributed by atoms with E-state index < -0.39 is 36.7 Å². The van der Waals surface area contributed by atoms with E-state index in [-0.39, 0.29) is 28.1 Å². The third-order valence-electron chi connectivity index (χ3n) is 4.59. The third-order valence-corrected chi connectivity index (χ3v) is 5.61. The van der Waals surface area contributed by atoms with Crippen molar-refractivity contribution in [3.8, 4) is 0 Å². The number of nitrogens with two attached hydrogens (primary N) is 1. The minimum absolute atomic E-state index is 0.0152. The Hall–Kier alpha value is -2.51. The van der Waals surface area contributed by atoms with Gasteiger partial charge in [-0.25, -0.2) is 9.37 Å². The maximum Gasteiger partial charge on any atom is 0.280 e. The van der Waals surface area contributed by atoms with Crippen LogP contribution in [-0.2, 0) is 10.5 Å². The fourth-order valence-electron chi connectivity index (χ4n) is 3.13. The molecule has 4 rings (SSSR count). The molecule has 3 aromatic rings. The lowest BCUT2D eigenvalue weighted by Crippen LogP contribution is -2.33. The number of nitrogens with one attached hydrogen (secondary N) is 1. The van der Waals surface area contributed by atoms with Gasteiger partial charge < -0.3 is 25.8 Å². The Balaban J connectivity index is 1.77. The molecule has 1 saturated heterocycles. The molecule has 0 amide bonds. The number of thioether (sulfide) groups is 1. The molecule has 6 N–H and O–H groups in total. The molecule has 1 fully saturated rings. The van der Waals surface area contributed by atoms with Crippen LogP contribution in [0.15, 0.2) is 34.2 Å². The smallest absolute Gasteiger partial charge is 0.280 e. The number of nitrogen functional groups attached to an aromatic ring is 1. The van der Waals surface area contributed by atoms with Crippen molar-refractivity contribution in [2.24, 2.45) is 0 Å². The van der Waals surface area contributed by atoms with Crippen LogP contribution in [0.25, 0.3) is 11.2 Å². The molecule has 12 heteroatoms. The summed E-state index contributed by atoms with van der Waals surface area (Å²) in [6.07, 6.45) is -4.88. The summed E-state index contributed by atoms with van der Waals surface area (Å²) < 4.78 is 20.1. The topological polar surface area (TPSA) is 160 Å². The first-order chi connectivity index (χ1) is 13.9. The molecule has 0 radical (unpaired) electrons. The summed E-state index contributed by atoms with van der Waals surface area (Å²) in [6, 6.07) is 5.89. The Bertz CT molecular complexity index is 1090. The second kappa shape index (κ2) is 7.72. The monoisotopic (exact) mass is 423 g/mol. The van der Waals surface area contributed by atoms with Crippen LogP contribution < -0.4 is 11.3 Å². The first kappa shape index (κ1) is 19.8. The summed E-state index contributed by atoms with van der Waals surface area (Å²) in [5, 5.41) is 30.2. The van der Waals surface area contributed by atoms with Crippen molar-refractivity contribution in [1.82, 2.24) is 19.5 Å². The Morgan fingerprint density at radius 2 is 1.97 bits per heavy atom. The number of aromatic amines is 1. The lowest BCUT2D eigenvalue weighted by molar-refractivity contribution is -0.0548. The molecule has 0 bridgehead atoms. The third kappa shape index (κ3) is 3.60. The average molecular weight is 423 g/mol. The summed E-state index contributed by atoms with van der Waals surface area (Å²) in [6.45, 7) is -0.504. The highest BCUT2D eigenvalue weighted by Crippen LogP contribution is 2.36. The summed E-state index contributed by atoms with van der Waals surface area (Å²) in [5.41, 5.74) is 5.95. The number of nitrogens with zero attached hydrogens (tertiary/aromatic N) is 3. The number of benzene rings is 1. The van der Waals surface area contributed by atoms with E-state index in [0.29, 0.717) is 5.75 Å². The largest absolute Gasteiger partial charge is 0.394 e. The molecular formula is C17H18FN5O5S. The Kier molecular flexibility index (Phi) is 5.27. The molecule has 1 aliphatic heterocycles. The van der Waals surface area contributed by atoms with Crippen molar-refractivity contribution >= 4 is 28.9 Å². The second-order valence-electron chi connectivity index (χ2n) is 6.53. The molecule has 0 aliphatic carbocycles. The van der Waals surface area contributed by atoms with Crippen LogP contribution in [0.5, 0.6) is 0 Å². The average Bonchev–Trinajstić information content (AvgIpc) is 3.19. The first-order valence-corrected chi connectivity index (χ1v) is 9.65. The molecule has 3 heterocycles. The van der Waals surface area contributed by atoms with Crippen molar-refractivity contribution < 1.29 is 24.4 Å². The van der Waals surface area contributed by atoms with E-state index in [1.54, 1.807) is 12.1 Å². The minimum Gasteiger partial charge on any atom is -0.394 e. The van der Waals surface area contributed by atoms with Gasteiger partial charge in [-0.05, 0) is 17.7 Å². The van der Waals surface area contributed by atoms with Crippen molar-refractivity contribution in [3.05, 3.63) is 46.0 Å². The summed E-state index contributed by atoms with van der Waals surface area (Å²) in [7, 11) is 0. The molecule has 10 nitrogen and oxygen atoms in total. The fourth-order valence-corrected chi connectivity index (χ4v) is 4.11. The van der Waals surface area contributed by atoms with Gasteiger partial charge in [0, 0.05) is 5.75 Å². The SMILES string of the molecule is Nc1nc2c(nc(SCc3ccc(F)cc3)n2C2OC(CO)C(O)C2O)c(=O)[nH]1. The van der Waals surface area contributed by atoms with E-state index in [1.807, 2.05) is 0 Å². The molecule has 4 unspecified atom stereocenters. The second-order valence-corrected chi connectivity index (χ2v) is 7.47. The van der Waals surface area contributed by atoms with Gasteiger partial charge in [0.1, 0.15) is 24.1 Å². The highest BCUT2D eigenvalue weighted by atomic mass is 32.2. The predicted octanol–water partition coefficient (Wildman–Crippen LogP) is -0.255. The van der Waals surface area contributed by atoms with Gasteiger partial charge >= 0.3 is 0 Å². The fraction of sp³-hybridized carbons (Fsp3) is 0.353. The molecule has 0 spiro atoms. The Morgan fingerprint density at radius 1 is 1.24 bits per heavy atom. The molecule has 4 atom stereocenters. The van der Waals surface area contributed by atoms with E-state index in [0.717, 1.165) is 5.56 Å². The van der Waals surface area contributed by atoms with Gasteiger partial charge in [0.05, 0.1) is 6.61 Å². The van der Waals surface area contributed by atoms with Gasteiger partial charge in [-0.2, -0.15) is 4.98 Å². The number of aromatic nitrogens is 4. The first-order valence-electron chi connectivity index (χ1n) is 8.66. The molecule has 29 heavy (non-hydrogen) atoms. The van der Waals surface area contributed by atoms with Gasteiger partial charge in [-0.1, -0.05) is 23.9 Å². The van der Waals surface area contributed by atoms with Gasteiger partial charge in [0.15, 0.2) is 22.5 Å². The van der Waals surface area contributed by atoms with E-state index in [2.05, 4.69) is 15.0 Å². The summed E-state index contributed by atoms with van der Waals surface area (Å²) in [5.74, 6) is -0.125. The minimum atomic E-state index is -1.39. The number of aliphatic hydroxyl groups is 3. The molecule has 2 aromatic heterocycles. The Morgan fingerprint density at radius 3 is 2.62 bits per heavy atom. The van der Waals surface area contributed by atoms with E-state index in [1.165, 1.54) is 28.5 Å². The van der Waals surface area contributed by atoms with E-state index in [9.17, 15) is 24.5 Å². The van der Waals surface area contributed by atoms with E-state index >= 15 is 0 Å². The van der Waals surface area contributed by atoms with Crippen LogP contribution in [0, 0.1) is 5.82 Å². The van der Waals surface area contributed by atoms with Gasteiger partial charge in [0.25, 0.3) is 5.56 Å². The van der Waals surface area contributed by atoms with E-state index in [4.69, 9.17) is 10.5 Å². The maximum atomic E-state index is 13.1. The van der Waals surface area contributed by atoms with Crippen LogP contribution in [0.3, 0.4) is 0 Å². The number of fused-ring (bicyclic) bond motifs is 1. The highest BCUT2D eigenvalue weighted by Gasteiger charge is 2.45. The van der Waals surface area contributed by atoms with Gasteiger partial charge in [-0.15, -0.1) is 0 Å². The molecule has 1 aliphatic rings. The predicted molar refractivity (Wildman–Crippen MR) is 102 cm³/mol. The number of ether oxygens (including phenoxy) is 1. The summed E-state index contributed by atoms with van der Waals surface area (Å²) in [4.78, 5) is 23.0. The standard InChI is InChI=1S/C17H18FN5O5S/c18-8-3-1-7(2-4-8)6-29-17-20-10-13(21-16(19)22-14(10)27)23(17)15-12(26)11(25)9(5-24)28-15/h1-4,9,11-12,15,24-26H,5-6H2,(H3,19,21,22,27). The molecular weight excluding hydrogens is 405 g/mol. The van der Waals surface area contributed by atoms with Crippen molar-refractivity contribution in [2.45, 2.75) is 35.4 Å². The molecule has 154 valence electrons. The summed E-state index contributed by atoms with van der Waals surface area (Å²) >= 11 is 1.21. The van der Waals surface area contributed by atoms with Crippen molar-refractivity contribution in [2.75, 3.05) is 12.3 Å². The number of hydrogen-bond acceptors (Lipinski definition) is 9. The van der Waals surface area contributed by atoms with Crippen molar-refractivity contribution in [3.63, 3.8) is 0 Å². The molecule has 1 aromatic carbocycles. The lowest BCUT2D eigenvalue weighted by atomic mass is 10.1. The normalized spacial score (nSPS) is 24.4. The van der Waals surface area contributed by atoms with Crippen LogP contribution in [0.2, 0.25) is 0 Å². The number of aliphatic hydroxyl groups excluding tert-OH is 3. The zero-order valence-electron chi connectivity index (χ0n) is 14.9. The lowest BCUT2D eigenvalue weighted by Gasteiger charge is -2.19. The van der Waals surface area contributed by atoms with Crippen LogP contribution >= 0.6 is 11.8 Å². The van der Waals surface area contributed by atoms with Crippen molar-refractivity contribution in [1.29, 1.82) is 0 Å². The van der Waals surface area contributed by atoms with Gasteiger partial charge in [-0.3, -0.25) is 14.3 Å².